The number of nitrogens with zero attached hydrogens (tertiary/aromatic N) is 1. The van der Waals surface area contributed by atoms with E-state index >= 15 is 0 Å². The first-order chi connectivity index (χ1) is 15.9. The lowest BCUT2D eigenvalue weighted by molar-refractivity contribution is -0.892. The molecule has 1 amide bonds. The van der Waals surface area contributed by atoms with Crippen LogP contribution in [0.3, 0.4) is 0 Å². The van der Waals surface area contributed by atoms with Crippen LogP contribution in [0.25, 0.3) is 10.9 Å². The van der Waals surface area contributed by atoms with Gasteiger partial charge >= 0.3 is 5.97 Å². The van der Waals surface area contributed by atoms with Gasteiger partial charge in [-0.05, 0) is 37.6 Å². The van der Waals surface area contributed by atoms with Crippen molar-refractivity contribution in [3.63, 3.8) is 0 Å². The standard InChI is InChI=1S/C25H30N4O4/c1-16-8-9-19(17(2)14-16)29-12-10-28(11-13-29)15-21(30)27-23-22-18(6-5-7-20(22)32-3)26-24(23)25(31)33-4/h5-9,14,26H,10-13,15H2,1-4H3,(H,27,30)/p+1. The molecule has 174 valence electrons. The second-order valence-electron chi connectivity index (χ2n) is 8.50. The van der Waals surface area contributed by atoms with Crippen molar-refractivity contribution < 1.29 is 24.0 Å². The monoisotopic (exact) mass is 451 g/mol. The van der Waals surface area contributed by atoms with Crippen LogP contribution in [0.1, 0.15) is 21.6 Å². The summed E-state index contributed by atoms with van der Waals surface area (Å²) in [4.78, 5) is 32.0. The summed E-state index contributed by atoms with van der Waals surface area (Å²) in [6.07, 6.45) is 0. The summed E-state index contributed by atoms with van der Waals surface area (Å²) >= 11 is 0. The molecule has 2 heterocycles. The van der Waals surface area contributed by atoms with Gasteiger partial charge in [0.25, 0.3) is 5.91 Å². The van der Waals surface area contributed by atoms with Gasteiger partial charge < -0.3 is 29.6 Å². The summed E-state index contributed by atoms with van der Waals surface area (Å²) in [6.45, 7) is 8.07. The zero-order valence-electron chi connectivity index (χ0n) is 19.6. The molecule has 0 unspecified atom stereocenters. The van der Waals surface area contributed by atoms with Crippen LogP contribution in [-0.2, 0) is 9.53 Å². The molecule has 1 aliphatic rings. The highest BCUT2D eigenvalue weighted by molar-refractivity contribution is 6.13. The topological polar surface area (TPSA) is 88.1 Å². The van der Waals surface area contributed by atoms with Crippen LogP contribution in [-0.4, -0.2) is 63.8 Å². The quantitative estimate of drug-likeness (QED) is 0.499. The summed E-state index contributed by atoms with van der Waals surface area (Å²) in [6, 6.07) is 12.0. The van der Waals surface area contributed by atoms with Crippen molar-refractivity contribution in [2.45, 2.75) is 13.8 Å². The smallest absolute Gasteiger partial charge is 0.356 e. The molecule has 0 radical (unpaired) electrons. The van der Waals surface area contributed by atoms with Gasteiger partial charge in [0.05, 0.1) is 57.0 Å². The third kappa shape index (κ3) is 4.66. The Labute approximate surface area is 193 Å². The number of fused-ring (bicyclic) bond motifs is 1. The van der Waals surface area contributed by atoms with E-state index in [-0.39, 0.29) is 11.6 Å². The molecule has 1 aliphatic heterocycles. The third-order valence-corrected chi connectivity index (χ3v) is 6.23. The fraction of sp³-hybridized carbons (Fsp3) is 0.360. The second kappa shape index (κ2) is 9.54. The summed E-state index contributed by atoms with van der Waals surface area (Å²) in [5.74, 6) is -0.122. The molecule has 1 aromatic heterocycles. The molecule has 0 saturated carbocycles. The van der Waals surface area contributed by atoms with Crippen molar-refractivity contribution in [3.05, 3.63) is 53.2 Å². The molecule has 0 bridgehead atoms. The normalized spacial score (nSPS) is 14.4. The van der Waals surface area contributed by atoms with Crippen LogP contribution < -0.4 is 19.9 Å². The number of carbonyl (C=O) groups excluding carboxylic acids is 2. The number of aromatic amines is 1. The SMILES string of the molecule is COC(=O)c1[nH]c2cccc(OC)c2c1NC(=O)C[NH+]1CCN(c2ccc(C)cc2C)CC1. The van der Waals surface area contributed by atoms with Crippen molar-refractivity contribution in [3.8, 4) is 5.75 Å². The molecule has 4 rings (SSSR count). The lowest BCUT2D eigenvalue weighted by atomic mass is 10.1. The number of esters is 1. The molecule has 1 saturated heterocycles. The Bertz CT molecular complexity index is 1180. The Kier molecular flexibility index (Phi) is 6.55. The maximum Gasteiger partial charge on any atom is 0.356 e. The number of rotatable bonds is 6. The van der Waals surface area contributed by atoms with Crippen LogP contribution in [0.4, 0.5) is 11.4 Å². The Balaban J connectivity index is 1.46. The molecule has 1 fully saturated rings. The van der Waals surface area contributed by atoms with Gasteiger partial charge in [0.15, 0.2) is 6.54 Å². The number of H-pyrrole nitrogens is 1. The highest BCUT2D eigenvalue weighted by Gasteiger charge is 2.26. The van der Waals surface area contributed by atoms with Gasteiger partial charge in [-0.25, -0.2) is 4.79 Å². The van der Waals surface area contributed by atoms with E-state index in [2.05, 4.69) is 47.2 Å². The summed E-state index contributed by atoms with van der Waals surface area (Å²) in [5, 5.41) is 3.60. The van der Waals surface area contributed by atoms with Crippen molar-refractivity contribution >= 4 is 34.2 Å². The van der Waals surface area contributed by atoms with Gasteiger partial charge in [-0.3, -0.25) is 4.79 Å². The van der Waals surface area contributed by atoms with Gasteiger partial charge in [-0.1, -0.05) is 23.8 Å². The maximum absolute atomic E-state index is 13.0. The zero-order chi connectivity index (χ0) is 23.5. The number of hydrogen-bond acceptors (Lipinski definition) is 5. The Hall–Kier alpha value is -3.52. The number of nitrogens with one attached hydrogen (secondary N) is 3. The number of methoxy groups -OCH3 is 2. The third-order valence-electron chi connectivity index (χ3n) is 6.23. The molecule has 0 aliphatic carbocycles. The lowest BCUT2D eigenvalue weighted by Crippen LogP contribution is -3.15. The van der Waals surface area contributed by atoms with E-state index < -0.39 is 5.97 Å². The number of aromatic nitrogens is 1. The van der Waals surface area contributed by atoms with Crippen molar-refractivity contribution in [1.82, 2.24) is 4.98 Å². The number of anilines is 2. The first-order valence-electron chi connectivity index (χ1n) is 11.1. The molecule has 3 aromatic rings. The number of aryl methyl sites for hydroxylation is 2. The molecule has 2 aromatic carbocycles. The number of carbonyl (C=O) groups is 2. The van der Waals surface area contributed by atoms with Gasteiger partial charge in [0.2, 0.25) is 0 Å². The summed E-state index contributed by atoms with van der Waals surface area (Å²) in [5.41, 5.74) is 5.10. The minimum atomic E-state index is -0.544. The number of hydrogen-bond donors (Lipinski definition) is 3. The molecule has 33 heavy (non-hydrogen) atoms. The van der Waals surface area contributed by atoms with Crippen LogP contribution in [0.5, 0.6) is 5.75 Å². The van der Waals surface area contributed by atoms with Crippen molar-refractivity contribution in [2.75, 3.05) is 57.2 Å². The minimum absolute atomic E-state index is 0.151. The van der Waals surface area contributed by atoms with E-state index in [1.165, 1.54) is 28.8 Å². The average molecular weight is 452 g/mol. The molecular formula is C25H31N4O4+. The molecule has 8 heteroatoms. The number of quaternary nitrogens is 1. The van der Waals surface area contributed by atoms with E-state index in [1.54, 1.807) is 13.2 Å². The Morgan fingerprint density at radius 2 is 1.88 bits per heavy atom. The maximum atomic E-state index is 13.0. The van der Waals surface area contributed by atoms with Crippen LogP contribution in [0, 0.1) is 13.8 Å². The Morgan fingerprint density at radius 1 is 1.12 bits per heavy atom. The lowest BCUT2D eigenvalue weighted by Gasteiger charge is -2.34. The van der Waals surface area contributed by atoms with Crippen LogP contribution >= 0.6 is 0 Å². The molecule has 0 atom stereocenters. The second-order valence-corrected chi connectivity index (χ2v) is 8.50. The highest BCUT2D eigenvalue weighted by Crippen LogP contribution is 2.35. The predicted molar refractivity (Wildman–Crippen MR) is 129 cm³/mol. The molecule has 8 nitrogen and oxygen atoms in total. The first kappa shape index (κ1) is 22.7. The minimum Gasteiger partial charge on any atom is -0.496 e. The van der Waals surface area contributed by atoms with Crippen molar-refractivity contribution in [2.24, 2.45) is 0 Å². The van der Waals surface area contributed by atoms with Crippen LogP contribution in [0.2, 0.25) is 0 Å². The predicted octanol–water partition coefficient (Wildman–Crippen LogP) is 1.92. The largest absolute Gasteiger partial charge is 0.496 e. The number of benzene rings is 2. The number of ether oxygens (including phenoxy) is 2. The van der Waals surface area contributed by atoms with Crippen molar-refractivity contribution in [1.29, 1.82) is 0 Å². The Morgan fingerprint density at radius 3 is 2.55 bits per heavy atom. The fourth-order valence-electron chi connectivity index (χ4n) is 4.58. The fourth-order valence-corrected chi connectivity index (χ4v) is 4.58. The van der Waals surface area contributed by atoms with E-state index in [9.17, 15) is 9.59 Å². The van der Waals surface area contributed by atoms with Gasteiger partial charge in [-0.2, -0.15) is 0 Å². The van der Waals surface area contributed by atoms with E-state index in [1.807, 2.05) is 12.1 Å². The zero-order valence-corrected chi connectivity index (χ0v) is 19.6. The molecular weight excluding hydrogens is 420 g/mol. The van der Waals surface area contributed by atoms with E-state index in [0.717, 1.165) is 26.2 Å². The van der Waals surface area contributed by atoms with Gasteiger partial charge in [0.1, 0.15) is 11.4 Å². The average Bonchev–Trinajstić information content (AvgIpc) is 3.17. The molecule has 3 N–H and O–H groups in total. The summed E-state index contributed by atoms with van der Waals surface area (Å²) < 4.78 is 10.4. The highest BCUT2D eigenvalue weighted by atomic mass is 16.5. The number of amides is 1. The molecule has 0 spiro atoms. The van der Waals surface area contributed by atoms with Gasteiger partial charge in [0, 0.05) is 5.69 Å². The van der Waals surface area contributed by atoms with E-state index in [0.29, 0.717) is 28.9 Å². The van der Waals surface area contributed by atoms with Crippen LogP contribution in [0.15, 0.2) is 36.4 Å². The number of piperazine rings is 1. The first-order valence-corrected chi connectivity index (χ1v) is 11.1. The van der Waals surface area contributed by atoms with Gasteiger partial charge in [-0.15, -0.1) is 0 Å². The summed E-state index contributed by atoms with van der Waals surface area (Å²) in [7, 11) is 2.88. The van der Waals surface area contributed by atoms with E-state index in [4.69, 9.17) is 9.47 Å².